The molecule has 0 radical (unpaired) electrons. The van der Waals surface area contributed by atoms with Crippen LogP contribution in [0, 0.1) is 12.3 Å². The van der Waals surface area contributed by atoms with E-state index in [1.54, 1.807) is 31.4 Å². The van der Waals surface area contributed by atoms with Gasteiger partial charge in [0.1, 0.15) is 5.75 Å². The Morgan fingerprint density at radius 2 is 2.05 bits per heavy atom. The van der Waals surface area contributed by atoms with E-state index < -0.39 is 18.2 Å². The Morgan fingerprint density at radius 1 is 1.40 bits per heavy atom. The quantitative estimate of drug-likeness (QED) is 0.638. The van der Waals surface area contributed by atoms with Crippen molar-refractivity contribution in [1.29, 1.82) is 0 Å². The minimum Gasteiger partial charge on any atom is -0.497 e. The lowest BCUT2D eigenvalue weighted by Crippen LogP contribution is -2.70. The first-order valence-corrected chi connectivity index (χ1v) is 6.25. The highest BCUT2D eigenvalue weighted by Crippen LogP contribution is 2.33. The van der Waals surface area contributed by atoms with Gasteiger partial charge in [0.15, 0.2) is 6.10 Å². The zero-order chi connectivity index (χ0) is 14.7. The number of β-lactam (4-membered cyclic amide) rings is 1. The monoisotopic (exact) mass is 275 g/mol. The molecule has 1 fully saturated rings. The first kappa shape index (κ1) is 14.4. The van der Waals surface area contributed by atoms with Crippen LogP contribution < -0.4 is 9.64 Å². The van der Waals surface area contributed by atoms with Crippen LogP contribution in [0.3, 0.4) is 0 Å². The number of carbonyl (C=O) groups excluding carboxylic acids is 1. The molecule has 3 atom stereocenters. The van der Waals surface area contributed by atoms with Crippen molar-refractivity contribution in [3.63, 3.8) is 0 Å². The van der Waals surface area contributed by atoms with Crippen molar-refractivity contribution in [3.8, 4) is 18.1 Å². The summed E-state index contributed by atoms with van der Waals surface area (Å²) in [4.78, 5) is 13.6. The van der Waals surface area contributed by atoms with Crippen molar-refractivity contribution in [2.45, 2.75) is 24.7 Å². The molecule has 1 heterocycles. The number of terminal acetylenes is 1. The van der Waals surface area contributed by atoms with Crippen LogP contribution >= 0.6 is 0 Å². The molecule has 0 spiro atoms. The van der Waals surface area contributed by atoms with Gasteiger partial charge in [-0.2, -0.15) is 0 Å². The highest BCUT2D eigenvalue weighted by Gasteiger charge is 2.51. The Bertz CT molecular complexity index is 520. The second-order valence-corrected chi connectivity index (χ2v) is 4.53. The van der Waals surface area contributed by atoms with E-state index in [9.17, 15) is 9.90 Å². The van der Waals surface area contributed by atoms with Crippen LogP contribution in [0.4, 0.5) is 5.69 Å². The van der Waals surface area contributed by atoms with Crippen molar-refractivity contribution in [2.24, 2.45) is 0 Å². The van der Waals surface area contributed by atoms with Crippen molar-refractivity contribution >= 4 is 11.6 Å². The van der Waals surface area contributed by atoms with E-state index >= 15 is 0 Å². The maximum atomic E-state index is 12.1. The maximum Gasteiger partial charge on any atom is 0.258 e. The topological polar surface area (TPSA) is 59.0 Å². The van der Waals surface area contributed by atoms with Crippen molar-refractivity contribution < 1.29 is 19.4 Å². The fourth-order valence-electron chi connectivity index (χ4n) is 2.38. The Morgan fingerprint density at radius 3 is 2.55 bits per heavy atom. The Hall–Kier alpha value is -2.03. The van der Waals surface area contributed by atoms with Gasteiger partial charge >= 0.3 is 0 Å². The average molecular weight is 275 g/mol. The number of methoxy groups -OCH3 is 2. The Balaban J connectivity index is 2.23. The normalized spacial score (nSPS) is 22.9. The standard InChI is InChI=1S/C15H17NO4/c1-4-5-12(17)13-14(20-3)15(18)16(13)10-6-8-11(19-2)9-7-10/h1,6-9,12-14,17H,5H2,2-3H3/t12-,13+,14-/m1/s1. The molecule has 20 heavy (non-hydrogen) atoms. The predicted octanol–water partition coefficient (Wildman–Crippen LogP) is 0.810. The Kier molecular flexibility index (Phi) is 4.28. The van der Waals surface area contributed by atoms with Crippen molar-refractivity contribution in [1.82, 2.24) is 0 Å². The maximum absolute atomic E-state index is 12.1. The number of rotatable bonds is 5. The average Bonchev–Trinajstić information content (AvgIpc) is 2.46. The lowest BCUT2D eigenvalue weighted by molar-refractivity contribution is -0.143. The van der Waals surface area contributed by atoms with E-state index in [1.165, 1.54) is 12.0 Å². The van der Waals surface area contributed by atoms with E-state index in [0.717, 1.165) is 0 Å². The summed E-state index contributed by atoms with van der Waals surface area (Å²) in [6.45, 7) is 0. The third kappa shape index (κ3) is 2.36. The molecule has 1 saturated heterocycles. The molecule has 0 aliphatic carbocycles. The molecule has 1 aliphatic heterocycles. The molecule has 1 amide bonds. The van der Waals surface area contributed by atoms with E-state index in [-0.39, 0.29) is 12.3 Å². The van der Waals surface area contributed by atoms with Crippen LogP contribution in [0.25, 0.3) is 0 Å². The lowest BCUT2D eigenvalue weighted by Gasteiger charge is -2.47. The van der Waals surface area contributed by atoms with Crippen LogP contribution in [0.2, 0.25) is 0 Å². The van der Waals surface area contributed by atoms with Gasteiger partial charge in [0, 0.05) is 19.2 Å². The summed E-state index contributed by atoms with van der Waals surface area (Å²) in [5, 5.41) is 10.1. The van der Waals surface area contributed by atoms with Crippen LogP contribution in [-0.2, 0) is 9.53 Å². The van der Waals surface area contributed by atoms with E-state index in [1.807, 2.05) is 0 Å². The van der Waals surface area contributed by atoms with Crippen LogP contribution in [0.1, 0.15) is 6.42 Å². The minimum absolute atomic E-state index is 0.171. The van der Waals surface area contributed by atoms with Gasteiger partial charge < -0.3 is 19.5 Å². The molecule has 2 rings (SSSR count). The van der Waals surface area contributed by atoms with Crippen molar-refractivity contribution in [3.05, 3.63) is 24.3 Å². The summed E-state index contributed by atoms with van der Waals surface area (Å²) in [6, 6.07) is 6.58. The summed E-state index contributed by atoms with van der Waals surface area (Å²) < 4.78 is 10.2. The summed E-state index contributed by atoms with van der Waals surface area (Å²) in [7, 11) is 3.02. The molecule has 0 saturated carbocycles. The predicted molar refractivity (Wildman–Crippen MR) is 74.5 cm³/mol. The smallest absolute Gasteiger partial charge is 0.258 e. The molecule has 1 N–H and O–H groups in total. The van der Waals surface area contributed by atoms with Gasteiger partial charge in [-0.05, 0) is 24.3 Å². The van der Waals surface area contributed by atoms with Gasteiger partial charge in [0.25, 0.3) is 5.91 Å². The number of aliphatic hydroxyl groups is 1. The molecule has 0 bridgehead atoms. The molecular weight excluding hydrogens is 258 g/mol. The lowest BCUT2D eigenvalue weighted by atomic mass is 9.90. The third-order valence-electron chi connectivity index (χ3n) is 3.41. The first-order valence-electron chi connectivity index (χ1n) is 6.25. The fraction of sp³-hybridized carbons (Fsp3) is 0.400. The molecule has 106 valence electrons. The molecule has 5 heteroatoms. The van der Waals surface area contributed by atoms with Gasteiger partial charge in [-0.25, -0.2) is 0 Å². The number of hydrogen-bond acceptors (Lipinski definition) is 4. The van der Waals surface area contributed by atoms with Gasteiger partial charge in [-0.3, -0.25) is 4.79 Å². The zero-order valence-corrected chi connectivity index (χ0v) is 11.4. The number of carbonyl (C=O) groups is 1. The van der Waals surface area contributed by atoms with Crippen LogP contribution in [-0.4, -0.2) is 43.5 Å². The zero-order valence-electron chi connectivity index (χ0n) is 11.4. The molecule has 5 nitrogen and oxygen atoms in total. The molecule has 1 aromatic carbocycles. The van der Waals surface area contributed by atoms with Gasteiger partial charge in [0.05, 0.1) is 19.3 Å². The highest BCUT2D eigenvalue weighted by atomic mass is 16.5. The largest absolute Gasteiger partial charge is 0.497 e. The number of aliphatic hydroxyl groups excluding tert-OH is 1. The summed E-state index contributed by atoms with van der Waals surface area (Å²) in [6.07, 6.45) is 3.92. The molecule has 1 aliphatic rings. The minimum atomic E-state index is -0.815. The summed E-state index contributed by atoms with van der Waals surface area (Å²) in [5.74, 6) is 2.92. The van der Waals surface area contributed by atoms with Crippen molar-refractivity contribution in [2.75, 3.05) is 19.1 Å². The van der Waals surface area contributed by atoms with E-state index in [4.69, 9.17) is 15.9 Å². The first-order chi connectivity index (χ1) is 9.63. The Labute approximate surface area is 118 Å². The highest BCUT2D eigenvalue weighted by molar-refractivity contribution is 6.05. The summed E-state index contributed by atoms with van der Waals surface area (Å²) in [5.41, 5.74) is 0.685. The number of hydrogen-bond donors (Lipinski definition) is 1. The van der Waals surface area contributed by atoms with E-state index in [0.29, 0.717) is 11.4 Å². The molecule has 1 aromatic rings. The number of ether oxygens (including phenoxy) is 2. The molecular formula is C15H17NO4. The third-order valence-corrected chi connectivity index (χ3v) is 3.41. The second-order valence-electron chi connectivity index (χ2n) is 4.53. The van der Waals surface area contributed by atoms with E-state index in [2.05, 4.69) is 5.92 Å². The second kappa shape index (κ2) is 5.95. The molecule has 0 aromatic heterocycles. The summed E-state index contributed by atoms with van der Waals surface area (Å²) >= 11 is 0. The molecule has 0 unspecified atom stereocenters. The fourth-order valence-corrected chi connectivity index (χ4v) is 2.38. The SMILES string of the molecule is C#CC[C@@H](O)[C@H]1[C@@H](OC)C(=O)N1c1ccc(OC)cc1. The van der Waals surface area contributed by atoms with Gasteiger partial charge in [-0.15, -0.1) is 12.3 Å². The number of anilines is 1. The van der Waals surface area contributed by atoms with Gasteiger partial charge in [0.2, 0.25) is 0 Å². The van der Waals surface area contributed by atoms with Crippen LogP contribution in [0.15, 0.2) is 24.3 Å². The number of amides is 1. The number of nitrogens with zero attached hydrogens (tertiary/aromatic N) is 1. The van der Waals surface area contributed by atoms with Gasteiger partial charge in [-0.1, -0.05) is 0 Å². The van der Waals surface area contributed by atoms with Crippen LogP contribution in [0.5, 0.6) is 5.75 Å². The number of benzene rings is 1.